The Bertz CT molecular complexity index is 1040. The van der Waals surface area contributed by atoms with Gasteiger partial charge in [0, 0.05) is 19.0 Å². The molecule has 1 atom stereocenters. The molecule has 1 N–H and O–H groups in total. The third-order valence-corrected chi connectivity index (χ3v) is 6.08. The number of amides is 1. The van der Waals surface area contributed by atoms with Crippen LogP contribution >= 0.6 is 23.4 Å². The number of nitrogens with one attached hydrogen (secondary N) is 1. The van der Waals surface area contributed by atoms with Crippen molar-refractivity contribution in [1.82, 2.24) is 20.1 Å². The Labute approximate surface area is 183 Å². The number of halogens is 1. The third kappa shape index (κ3) is 4.71. The second kappa shape index (κ2) is 9.40. The summed E-state index contributed by atoms with van der Waals surface area (Å²) in [5.74, 6) is 2.26. The van der Waals surface area contributed by atoms with Crippen molar-refractivity contribution < 1.29 is 14.3 Å². The standard InChI is InChI=1S/C21H21ClN4O3S/c1-26-19(12-29-18-9-5-3-7-15(18)22)24-25-21(26)30-13-20(27)23-16-10-11-28-17-8-4-2-6-14(16)17/h2-9,16H,10-13H2,1H3,(H,23,27)/t16-/m1/s1. The first-order valence-electron chi connectivity index (χ1n) is 9.51. The average Bonchev–Trinajstić information content (AvgIpc) is 3.11. The van der Waals surface area contributed by atoms with Crippen LogP contribution in [0.1, 0.15) is 23.9 Å². The van der Waals surface area contributed by atoms with E-state index in [1.54, 1.807) is 12.1 Å². The molecule has 0 fully saturated rings. The zero-order valence-corrected chi connectivity index (χ0v) is 17.9. The van der Waals surface area contributed by atoms with E-state index < -0.39 is 0 Å². The maximum absolute atomic E-state index is 12.5. The SMILES string of the molecule is Cn1c(COc2ccccc2Cl)nnc1SCC(=O)N[C@@H]1CCOc2ccccc21. The monoisotopic (exact) mass is 444 g/mol. The van der Waals surface area contributed by atoms with Gasteiger partial charge in [-0.15, -0.1) is 10.2 Å². The number of hydrogen-bond donors (Lipinski definition) is 1. The van der Waals surface area contributed by atoms with Gasteiger partial charge in [-0.2, -0.15) is 0 Å². The fourth-order valence-electron chi connectivity index (χ4n) is 3.16. The molecule has 0 aliphatic carbocycles. The highest BCUT2D eigenvalue weighted by molar-refractivity contribution is 7.99. The maximum atomic E-state index is 12.5. The number of carbonyl (C=O) groups excluding carboxylic acids is 1. The van der Waals surface area contributed by atoms with Gasteiger partial charge in [-0.05, 0) is 18.2 Å². The van der Waals surface area contributed by atoms with Gasteiger partial charge in [0.25, 0.3) is 0 Å². The molecule has 1 aliphatic rings. The van der Waals surface area contributed by atoms with E-state index in [4.69, 9.17) is 21.1 Å². The van der Waals surface area contributed by atoms with Crippen LogP contribution in [-0.2, 0) is 18.4 Å². The van der Waals surface area contributed by atoms with Crippen LogP contribution in [0.2, 0.25) is 5.02 Å². The number of aromatic nitrogens is 3. The highest BCUT2D eigenvalue weighted by Crippen LogP contribution is 2.31. The van der Waals surface area contributed by atoms with Gasteiger partial charge in [0.1, 0.15) is 18.1 Å². The molecule has 1 aliphatic heterocycles. The Morgan fingerprint density at radius 2 is 2.07 bits per heavy atom. The Balaban J connectivity index is 1.31. The van der Waals surface area contributed by atoms with Gasteiger partial charge in [-0.1, -0.05) is 53.7 Å². The summed E-state index contributed by atoms with van der Waals surface area (Å²) in [6.07, 6.45) is 0.751. The largest absolute Gasteiger partial charge is 0.493 e. The summed E-state index contributed by atoms with van der Waals surface area (Å²) in [6, 6.07) is 15.0. The lowest BCUT2D eigenvalue weighted by atomic mass is 10.0. The van der Waals surface area contributed by atoms with E-state index in [9.17, 15) is 4.79 Å². The zero-order chi connectivity index (χ0) is 20.9. The predicted octanol–water partition coefficient (Wildman–Crippen LogP) is 3.78. The smallest absolute Gasteiger partial charge is 0.230 e. The summed E-state index contributed by atoms with van der Waals surface area (Å²) in [5, 5.41) is 12.6. The first kappa shape index (κ1) is 20.6. The normalized spacial score (nSPS) is 15.2. The molecule has 0 unspecified atom stereocenters. The molecule has 0 spiro atoms. The van der Waals surface area contributed by atoms with Gasteiger partial charge in [-0.3, -0.25) is 4.79 Å². The summed E-state index contributed by atoms with van der Waals surface area (Å²) in [5.41, 5.74) is 1.01. The minimum atomic E-state index is -0.0569. The molecule has 7 nitrogen and oxygen atoms in total. The number of nitrogens with zero attached hydrogens (tertiary/aromatic N) is 3. The van der Waals surface area contributed by atoms with Crippen LogP contribution in [0.4, 0.5) is 0 Å². The molecule has 1 amide bonds. The van der Waals surface area contributed by atoms with E-state index in [1.807, 2.05) is 48.0 Å². The van der Waals surface area contributed by atoms with Crippen LogP contribution in [0.15, 0.2) is 53.7 Å². The van der Waals surface area contributed by atoms with Gasteiger partial charge in [-0.25, -0.2) is 0 Å². The molecule has 2 heterocycles. The van der Waals surface area contributed by atoms with Gasteiger partial charge < -0.3 is 19.4 Å². The summed E-state index contributed by atoms with van der Waals surface area (Å²) >= 11 is 7.44. The molecule has 9 heteroatoms. The second-order valence-electron chi connectivity index (χ2n) is 6.76. The highest BCUT2D eigenvalue weighted by atomic mass is 35.5. The van der Waals surface area contributed by atoms with Gasteiger partial charge in [0.05, 0.1) is 23.4 Å². The number of fused-ring (bicyclic) bond motifs is 1. The third-order valence-electron chi connectivity index (χ3n) is 4.74. The molecule has 0 bridgehead atoms. The number of ether oxygens (including phenoxy) is 2. The van der Waals surface area contributed by atoms with Crippen molar-refractivity contribution in [2.24, 2.45) is 7.05 Å². The first-order chi connectivity index (χ1) is 14.6. The first-order valence-corrected chi connectivity index (χ1v) is 10.9. The second-order valence-corrected chi connectivity index (χ2v) is 8.11. The van der Waals surface area contributed by atoms with Crippen molar-refractivity contribution in [1.29, 1.82) is 0 Å². The fourth-order valence-corrected chi connectivity index (χ4v) is 4.09. The van der Waals surface area contributed by atoms with Crippen molar-refractivity contribution >= 4 is 29.3 Å². The average molecular weight is 445 g/mol. The number of carbonyl (C=O) groups is 1. The van der Waals surface area contributed by atoms with Crippen molar-refractivity contribution in [3.05, 3.63) is 64.9 Å². The summed E-state index contributed by atoms with van der Waals surface area (Å²) in [6.45, 7) is 0.825. The Kier molecular flexibility index (Phi) is 6.44. The van der Waals surface area contributed by atoms with Crippen LogP contribution in [0.5, 0.6) is 11.5 Å². The molecule has 0 saturated carbocycles. The van der Waals surface area contributed by atoms with E-state index in [0.29, 0.717) is 28.4 Å². The number of thioether (sulfide) groups is 1. The van der Waals surface area contributed by atoms with Gasteiger partial charge in [0.15, 0.2) is 11.0 Å². The minimum absolute atomic E-state index is 0.0397. The Morgan fingerprint density at radius 1 is 1.27 bits per heavy atom. The van der Waals surface area contributed by atoms with Crippen molar-refractivity contribution in [3.8, 4) is 11.5 Å². The number of rotatable bonds is 7. The lowest BCUT2D eigenvalue weighted by Crippen LogP contribution is -2.33. The van der Waals surface area contributed by atoms with Crippen LogP contribution in [0.25, 0.3) is 0 Å². The predicted molar refractivity (Wildman–Crippen MR) is 115 cm³/mol. The van der Waals surface area contributed by atoms with Crippen LogP contribution in [-0.4, -0.2) is 33.0 Å². The quantitative estimate of drug-likeness (QED) is 0.559. The Hall–Kier alpha value is -2.71. The lowest BCUT2D eigenvalue weighted by Gasteiger charge is -2.26. The zero-order valence-electron chi connectivity index (χ0n) is 16.4. The van der Waals surface area contributed by atoms with E-state index >= 15 is 0 Å². The topological polar surface area (TPSA) is 78.3 Å². The molecule has 4 rings (SSSR count). The molecule has 0 radical (unpaired) electrons. The molecule has 30 heavy (non-hydrogen) atoms. The van der Waals surface area contributed by atoms with E-state index in [0.717, 1.165) is 17.7 Å². The molecule has 3 aromatic rings. The van der Waals surface area contributed by atoms with Gasteiger partial charge in [0.2, 0.25) is 5.91 Å². The fraction of sp³-hybridized carbons (Fsp3) is 0.286. The van der Waals surface area contributed by atoms with Crippen molar-refractivity contribution in [2.45, 2.75) is 24.2 Å². The number of hydrogen-bond acceptors (Lipinski definition) is 6. The minimum Gasteiger partial charge on any atom is -0.493 e. The number of para-hydroxylation sites is 2. The summed E-state index contributed by atoms with van der Waals surface area (Å²) in [7, 11) is 1.85. The molecular weight excluding hydrogens is 424 g/mol. The highest BCUT2D eigenvalue weighted by Gasteiger charge is 2.23. The van der Waals surface area contributed by atoms with Crippen LogP contribution in [0, 0.1) is 0 Å². The van der Waals surface area contributed by atoms with E-state index in [1.165, 1.54) is 11.8 Å². The van der Waals surface area contributed by atoms with Crippen molar-refractivity contribution in [3.63, 3.8) is 0 Å². The van der Waals surface area contributed by atoms with Gasteiger partial charge >= 0.3 is 0 Å². The van der Waals surface area contributed by atoms with Crippen molar-refractivity contribution in [2.75, 3.05) is 12.4 Å². The Morgan fingerprint density at radius 3 is 2.93 bits per heavy atom. The summed E-state index contributed by atoms with van der Waals surface area (Å²) < 4.78 is 13.2. The molecule has 2 aromatic carbocycles. The lowest BCUT2D eigenvalue weighted by molar-refractivity contribution is -0.119. The maximum Gasteiger partial charge on any atom is 0.230 e. The van der Waals surface area contributed by atoms with Crippen LogP contribution in [0.3, 0.4) is 0 Å². The molecule has 0 saturated heterocycles. The molecule has 156 valence electrons. The molecule has 1 aromatic heterocycles. The van der Waals surface area contributed by atoms with E-state index in [2.05, 4.69) is 15.5 Å². The summed E-state index contributed by atoms with van der Waals surface area (Å²) in [4.78, 5) is 12.5. The van der Waals surface area contributed by atoms with Crippen LogP contribution < -0.4 is 14.8 Å². The van der Waals surface area contributed by atoms with E-state index in [-0.39, 0.29) is 24.3 Å². The molecular formula is C21H21ClN4O3S. The number of benzene rings is 2.